The van der Waals surface area contributed by atoms with Gasteiger partial charge in [0, 0.05) is 206 Å². The number of hydrogen-bond acceptors (Lipinski definition) is 22. The molecule has 2 aliphatic rings. The highest BCUT2D eigenvalue weighted by Crippen LogP contribution is 2.47. The van der Waals surface area contributed by atoms with Gasteiger partial charge in [-0.2, -0.15) is 0 Å². The fraction of sp³-hybridized carbons (Fsp3) is 0.426. The van der Waals surface area contributed by atoms with Crippen LogP contribution in [0.15, 0.2) is 139 Å². The summed E-state index contributed by atoms with van der Waals surface area (Å²) in [5.74, 6) is 3.32. The van der Waals surface area contributed by atoms with Crippen LogP contribution in [-0.4, -0.2) is 0 Å². The molecule has 730 valence electrons. The molecule has 22 aromatic heterocycles. The predicted molar refractivity (Wildman–Crippen MR) is 661 cm³/mol. The van der Waals surface area contributed by atoms with Crippen LogP contribution in [0, 0.1) is 106 Å². The smallest absolute Gasteiger partial charge is 0.0456 e. The summed E-state index contributed by atoms with van der Waals surface area (Å²) in [4.78, 5) is 31.0. The lowest BCUT2D eigenvalue weighted by Gasteiger charge is -2.16. The minimum Gasteiger partial charge on any atom is -0.143 e. The van der Waals surface area contributed by atoms with Crippen molar-refractivity contribution in [1.29, 1.82) is 0 Å². The number of aryl methyl sites for hydroxylation is 14. The summed E-state index contributed by atoms with van der Waals surface area (Å²) in [6.45, 7) is 60.2. The van der Waals surface area contributed by atoms with Crippen LogP contribution in [0.3, 0.4) is 0 Å². The van der Waals surface area contributed by atoms with Gasteiger partial charge in [0.2, 0.25) is 0 Å². The Morgan fingerprint density at radius 2 is 0.569 bits per heavy atom. The molecule has 2 saturated carbocycles. The van der Waals surface area contributed by atoms with Gasteiger partial charge in [0.15, 0.2) is 0 Å². The van der Waals surface area contributed by atoms with E-state index in [1.807, 2.05) is 249 Å². The van der Waals surface area contributed by atoms with E-state index in [9.17, 15) is 0 Å². The van der Waals surface area contributed by atoms with Crippen molar-refractivity contribution >= 4 is 353 Å². The Morgan fingerprint density at radius 1 is 0.277 bits per heavy atom. The van der Waals surface area contributed by atoms with Crippen LogP contribution in [0.4, 0.5) is 0 Å². The van der Waals surface area contributed by atoms with Crippen LogP contribution in [0.1, 0.15) is 276 Å². The molecule has 0 aliphatic heterocycles. The van der Waals surface area contributed by atoms with E-state index in [1.165, 1.54) is 287 Å². The number of fused-ring (bicyclic) bond motifs is 11. The van der Waals surface area contributed by atoms with Crippen molar-refractivity contribution in [3.8, 4) is 0 Å². The molecule has 2 fully saturated rings. The molecule has 0 N–H and O–H groups in total. The predicted octanol–water partition coefficient (Wildman–Crippen LogP) is 48.0. The van der Waals surface area contributed by atoms with Gasteiger partial charge in [-0.1, -0.05) is 149 Å². The van der Waals surface area contributed by atoms with E-state index in [4.69, 9.17) is 0 Å². The average Bonchev–Trinajstić information content (AvgIpc) is 1.65. The highest BCUT2D eigenvalue weighted by Gasteiger charge is 2.23. The molecule has 0 saturated heterocycles. The molecule has 0 nitrogen and oxygen atoms in total. The van der Waals surface area contributed by atoms with Crippen LogP contribution < -0.4 is 0 Å². The first-order valence-corrected chi connectivity index (χ1v) is 66.4. The van der Waals surface area contributed by atoms with Crippen molar-refractivity contribution in [2.24, 2.45) is 22.7 Å². The van der Waals surface area contributed by atoms with Crippen molar-refractivity contribution in [3.05, 3.63) is 241 Å². The molecule has 137 heavy (non-hydrogen) atoms. The Morgan fingerprint density at radius 3 is 0.920 bits per heavy atom. The molecule has 0 unspecified atom stereocenters. The van der Waals surface area contributed by atoms with Crippen molar-refractivity contribution in [2.75, 3.05) is 0 Å². The summed E-state index contributed by atoms with van der Waals surface area (Å²) >= 11 is 42.3. The first-order valence-electron chi connectivity index (χ1n) is 48.3. The maximum atomic E-state index is 2.44. The summed E-state index contributed by atoms with van der Waals surface area (Å²) in [6, 6.07) is 51.0. The van der Waals surface area contributed by atoms with Crippen molar-refractivity contribution in [1.82, 2.24) is 0 Å². The lowest BCUT2D eigenvalue weighted by atomic mass is 9.92. The molecule has 0 aromatic carbocycles. The minimum atomic E-state index is 0.303. The maximum Gasteiger partial charge on any atom is 0.0456 e. The van der Waals surface area contributed by atoms with E-state index < -0.39 is 0 Å². The molecule has 2 aliphatic carbocycles. The summed E-state index contributed by atoms with van der Waals surface area (Å²) < 4.78 is 32.3. The van der Waals surface area contributed by atoms with Gasteiger partial charge in [0.05, 0.1) is 0 Å². The molecule has 22 aromatic rings. The van der Waals surface area contributed by atoms with Crippen molar-refractivity contribution < 1.29 is 0 Å². The topological polar surface area (TPSA) is 0 Å². The van der Waals surface area contributed by atoms with E-state index in [0.717, 1.165) is 17.8 Å². The summed E-state index contributed by atoms with van der Waals surface area (Å²) in [5, 5.41) is 2.14. The Bertz CT molecular complexity index is 7020. The molecular formula is C115H138S22. The molecule has 0 spiro atoms. The molecule has 22 heteroatoms. The van der Waals surface area contributed by atoms with E-state index in [1.54, 1.807) is 14.6 Å². The normalized spacial score (nSPS) is 13.1. The van der Waals surface area contributed by atoms with Crippen molar-refractivity contribution in [3.63, 3.8) is 0 Å². The Balaban J connectivity index is 0.000000121. The van der Waals surface area contributed by atoms with Gasteiger partial charge in [-0.15, -0.1) is 249 Å². The molecule has 0 radical (unpaired) electrons. The zero-order chi connectivity index (χ0) is 98.1. The van der Waals surface area contributed by atoms with E-state index in [-0.39, 0.29) is 0 Å². The fourth-order valence-corrected chi connectivity index (χ4v) is 43.3. The molecule has 0 atom stereocenters. The monoisotopic (exact) mass is 2220 g/mol. The first-order chi connectivity index (χ1) is 65.0. The summed E-state index contributed by atoms with van der Waals surface area (Å²) in [6.07, 6.45) is 20.2. The lowest BCUT2D eigenvalue weighted by molar-refractivity contribution is 0.414. The Labute approximate surface area is 906 Å². The van der Waals surface area contributed by atoms with Crippen LogP contribution in [0.2, 0.25) is 0 Å². The van der Waals surface area contributed by atoms with E-state index in [0.29, 0.717) is 22.2 Å². The fourth-order valence-electron chi connectivity index (χ4n) is 16.8. The number of rotatable bonds is 11. The SMILES string of the molecule is CCCc1cc2sc(C)cc2s1.CCc1cc2sc(C)cc2s1.Cc1cc2sc(C(C)(C)C)cc2s1.Cc1cc2sc(C(C)C)cc2s1.Cc1cc2sc(C)cc2s1.Cc1cc2sc(C3CCCC3)cc2s1.Cc1cc2sc(CC(C)(C)C)cc2s1.Cc1cc2sc(CC(C)(C)C)cc2s1.Cc1cc2sc(CC(C)C)cc2s1.Cc1cc2sc(CC3CCCC3)cc2s1.Cc1cc2sccc2s1. The summed E-state index contributed by atoms with van der Waals surface area (Å²) in [7, 11) is 0. The molecule has 24 rings (SSSR count). The highest BCUT2D eigenvalue weighted by atomic mass is 32.2. The average molecular weight is 2230 g/mol. The lowest BCUT2D eigenvalue weighted by Crippen LogP contribution is -2.07. The third-order valence-corrected chi connectivity index (χ3v) is 48.1. The molecule has 0 bridgehead atoms. The number of thiophene rings is 22. The Kier molecular flexibility index (Phi) is 39.1. The van der Waals surface area contributed by atoms with Gasteiger partial charge in [0.25, 0.3) is 0 Å². The minimum absolute atomic E-state index is 0.303. The first kappa shape index (κ1) is 109. The van der Waals surface area contributed by atoms with Gasteiger partial charge in [-0.05, 0) is 313 Å². The van der Waals surface area contributed by atoms with Gasteiger partial charge < -0.3 is 0 Å². The van der Waals surface area contributed by atoms with Crippen LogP contribution in [0.5, 0.6) is 0 Å². The second-order valence-corrected chi connectivity index (χ2v) is 67.5. The third-order valence-electron chi connectivity index (χ3n) is 22.9. The van der Waals surface area contributed by atoms with E-state index in [2.05, 4.69) is 326 Å². The number of hydrogen-bond donors (Lipinski definition) is 0. The van der Waals surface area contributed by atoms with Crippen molar-refractivity contribution in [2.45, 2.75) is 301 Å². The molecular weight excluding hydrogens is 2090 g/mol. The van der Waals surface area contributed by atoms with Gasteiger partial charge in [0.1, 0.15) is 0 Å². The van der Waals surface area contributed by atoms with Gasteiger partial charge in [-0.25, -0.2) is 0 Å². The van der Waals surface area contributed by atoms with Crippen LogP contribution in [0.25, 0.3) is 103 Å². The quantitative estimate of drug-likeness (QED) is 0.121. The van der Waals surface area contributed by atoms with Gasteiger partial charge in [-0.3, -0.25) is 0 Å². The zero-order valence-corrected chi connectivity index (χ0v) is 103. The second kappa shape index (κ2) is 49.2. The second-order valence-electron chi connectivity index (χ2n) is 40.8. The maximum absolute atomic E-state index is 2.44. The summed E-state index contributed by atoms with van der Waals surface area (Å²) in [5.41, 5.74) is 1.11. The van der Waals surface area contributed by atoms with E-state index >= 15 is 0 Å². The highest BCUT2D eigenvalue weighted by molar-refractivity contribution is 7.33. The Hall–Kier alpha value is -3.74. The molecule has 22 heterocycles. The zero-order valence-electron chi connectivity index (χ0n) is 85.2. The largest absolute Gasteiger partial charge is 0.143 e. The van der Waals surface area contributed by atoms with Gasteiger partial charge >= 0.3 is 0 Å². The standard InChI is InChI=1S/C13H16S2.C12H14S2.2C12H16S2.2C11H14S2.2C10H12S2.C9H10S2.C8H8S2.C7H6S2/c1-9-6-12-13(14-9)8-11(15-12)7-10-4-2-3-5-10;1-8-6-11-12(13-8)7-10(14-11)9-4-2-3-5-9;2*1-8-5-10-11(13-8)6-9(14-10)7-12(2,3)4;1-7-5-8-9(12-7)6-10(13-8)11(2,3)4;1-7(2)4-9-6-11-10(13-9)5-8(3)12-11;1-6(2)8-5-10-9(12-8)4-7(3)11-10;1-3-4-8-6-10-9(12-8)5-7(2)11-10;1-3-7-5-9-8(11-7)4-6(2)10-9;1-5-3-7-8(9-5)4-6(2)10-7;1-5-4-7-6(9-5)2-3-8-7/h6,8,10H,2-5,7H2,1H3;6-7,9H,2-5H2,1H3;2*5-6H,7H2,1-4H3;5-6H,1-4H3;5-7H,4H2,1-3H3;4-6H,1-3H3;5-6H,3-4H2,1-2H3;4-5H,3H2,1-2H3;3-4H,1-2H3;2-4H,1H3. The molecule has 0 amide bonds. The third kappa shape index (κ3) is 31.9. The van der Waals surface area contributed by atoms with Crippen LogP contribution >= 0.6 is 249 Å². The van der Waals surface area contributed by atoms with Crippen LogP contribution in [-0.2, 0) is 43.9 Å².